The molecule has 1 amide bonds. The van der Waals surface area contributed by atoms with E-state index >= 15 is 0 Å². The van der Waals surface area contributed by atoms with Crippen LogP contribution in [0.5, 0.6) is 0 Å². The molecule has 0 spiro atoms. The van der Waals surface area contributed by atoms with E-state index < -0.39 is 20.5 Å². The van der Waals surface area contributed by atoms with Crippen LogP contribution in [0, 0.1) is 0 Å². The first-order valence-electron chi connectivity index (χ1n) is 7.73. The zero-order valence-electron chi connectivity index (χ0n) is 14.8. The summed E-state index contributed by atoms with van der Waals surface area (Å²) < 4.78 is 24.0. The Kier molecular flexibility index (Phi) is 5.03. The van der Waals surface area contributed by atoms with Gasteiger partial charge in [0.05, 0.1) is 10.6 Å². The van der Waals surface area contributed by atoms with Gasteiger partial charge < -0.3 is 5.32 Å². The molecule has 2 N–H and O–H groups in total. The van der Waals surface area contributed by atoms with Crippen LogP contribution in [0.3, 0.4) is 0 Å². The van der Waals surface area contributed by atoms with Crippen LogP contribution in [0.15, 0.2) is 35.2 Å². The summed E-state index contributed by atoms with van der Waals surface area (Å²) in [6, 6.07) is 7.43. The third-order valence-electron chi connectivity index (χ3n) is 3.94. The Balaban J connectivity index is 2.27. The van der Waals surface area contributed by atoms with Gasteiger partial charge in [0.25, 0.3) is 0 Å². The molecule has 8 heteroatoms. The normalized spacial score (nSPS) is 12.9. The largest absolute Gasteiger partial charge is 0.310 e. The molecule has 0 unspecified atom stereocenters. The summed E-state index contributed by atoms with van der Waals surface area (Å²) >= 11 is 5.80. The van der Waals surface area contributed by atoms with E-state index in [1.54, 1.807) is 6.07 Å². The number of rotatable bonds is 4. The molecule has 2 rings (SSSR count). The molecule has 0 fully saturated rings. The van der Waals surface area contributed by atoms with Crippen LogP contribution in [0.2, 0.25) is 5.02 Å². The first-order chi connectivity index (χ1) is 11.4. The topological polar surface area (TPSA) is 91.9 Å². The minimum Gasteiger partial charge on any atom is -0.310 e. The standard InChI is InChI=1S/C17H22ClN3O3S/c1-16(2,3)13-10-14(21-20-13)19-15(22)17(4,5)25(23,24)12-8-6-11(18)7-9-12/h6-10H,1-5H3,(H2,19,20,21,22). The maximum atomic E-state index is 12.8. The molecular formula is C17H22ClN3O3S. The molecule has 25 heavy (non-hydrogen) atoms. The number of hydrogen-bond acceptors (Lipinski definition) is 4. The van der Waals surface area contributed by atoms with E-state index in [1.165, 1.54) is 38.1 Å². The molecule has 1 aromatic carbocycles. The van der Waals surface area contributed by atoms with Crippen molar-refractivity contribution in [1.29, 1.82) is 0 Å². The fraction of sp³-hybridized carbons (Fsp3) is 0.412. The summed E-state index contributed by atoms with van der Waals surface area (Å²) in [4.78, 5) is 12.7. The molecule has 0 bridgehead atoms. The number of carbonyl (C=O) groups excluding carboxylic acids is 1. The fourth-order valence-corrected chi connectivity index (χ4v) is 3.58. The van der Waals surface area contributed by atoms with Gasteiger partial charge in [0.1, 0.15) is 10.6 Å². The molecule has 0 saturated carbocycles. The Morgan fingerprint density at radius 1 is 1.12 bits per heavy atom. The van der Waals surface area contributed by atoms with Crippen molar-refractivity contribution in [2.45, 2.75) is 49.7 Å². The third kappa shape index (κ3) is 3.88. The SMILES string of the molecule is CC(C)(C)c1cc(NC(=O)C(C)(C)S(=O)(=O)c2ccc(Cl)cc2)[nH]n1. The zero-order chi connectivity index (χ0) is 19.0. The summed E-state index contributed by atoms with van der Waals surface area (Å²) in [5.74, 6) is -0.291. The van der Waals surface area contributed by atoms with Crippen molar-refractivity contribution in [3.05, 3.63) is 41.0 Å². The van der Waals surface area contributed by atoms with Crippen LogP contribution in [0.25, 0.3) is 0 Å². The van der Waals surface area contributed by atoms with E-state index in [0.717, 1.165) is 5.69 Å². The van der Waals surface area contributed by atoms with Crippen molar-refractivity contribution < 1.29 is 13.2 Å². The van der Waals surface area contributed by atoms with Crippen LogP contribution in [0.1, 0.15) is 40.3 Å². The molecule has 0 aliphatic heterocycles. The Morgan fingerprint density at radius 2 is 1.68 bits per heavy atom. The molecule has 1 aromatic heterocycles. The molecule has 1 heterocycles. The molecule has 2 aromatic rings. The van der Waals surface area contributed by atoms with Crippen molar-refractivity contribution in [2.75, 3.05) is 5.32 Å². The van der Waals surface area contributed by atoms with E-state index in [0.29, 0.717) is 10.8 Å². The zero-order valence-corrected chi connectivity index (χ0v) is 16.4. The summed E-state index contributed by atoms with van der Waals surface area (Å²) in [7, 11) is -3.90. The predicted octanol–water partition coefficient (Wildman–Crippen LogP) is 3.55. The van der Waals surface area contributed by atoms with Crippen molar-refractivity contribution in [3.63, 3.8) is 0 Å². The number of anilines is 1. The first kappa shape index (κ1) is 19.5. The van der Waals surface area contributed by atoms with Crippen LogP contribution < -0.4 is 5.32 Å². The van der Waals surface area contributed by atoms with Gasteiger partial charge in [-0.25, -0.2) is 8.42 Å². The second-order valence-electron chi connectivity index (χ2n) is 7.34. The number of nitrogens with one attached hydrogen (secondary N) is 2. The van der Waals surface area contributed by atoms with Crippen molar-refractivity contribution >= 4 is 33.2 Å². The summed E-state index contributed by atoms with van der Waals surface area (Å²) in [6.45, 7) is 8.71. The summed E-state index contributed by atoms with van der Waals surface area (Å²) in [6.07, 6.45) is 0. The minimum atomic E-state index is -3.90. The smallest absolute Gasteiger partial charge is 0.246 e. The van der Waals surface area contributed by atoms with Gasteiger partial charge in [-0.3, -0.25) is 9.89 Å². The Labute approximate surface area is 152 Å². The lowest BCUT2D eigenvalue weighted by atomic mass is 9.92. The summed E-state index contributed by atoms with van der Waals surface area (Å²) in [5, 5.41) is 9.89. The lowest BCUT2D eigenvalue weighted by molar-refractivity contribution is -0.117. The quantitative estimate of drug-likeness (QED) is 0.844. The predicted molar refractivity (Wildman–Crippen MR) is 98.6 cm³/mol. The summed E-state index contributed by atoms with van der Waals surface area (Å²) in [5.41, 5.74) is 0.575. The molecule has 0 saturated heterocycles. The number of sulfone groups is 1. The first-order valence-corrected chi connectivity index (χ1v) is 9.59. The average molecular weight is 384 g/mol. The highest BCUT2D eigenvalue weighted by atomic mass is 35.5. The number of aromatic amines is 1. The van der Waals surface area contributed by atoms with E-state index in [2.05, 4.69) is 15.5 Å². The van der Waals surface area contributed by atoms with Gasteiger partial charge in [0.2, 0.25) is 5.91 Å². The van der Waals surface area contributed by atoms with Gasteiger partial charge in [-0.2, -0.15) is 5.10 Å². The number of hydrogen-bond donors (Lipinski definition) is 2. The second kappa shape index (κ2) is 6.46. The highest BCUT2D eigenvalue weighted by molar-refractivity contribution is 7.93. The molecular weight excluding hydrogens is 362 g/mol. The van der Waals surface area contributed by atoms with Crippen molar-refractivity contribution in [3.8, 4) is 0 Å². The number of carbonyl (C=O) groups is 1. The van der Waals surface area contributed by atoms with Gasteiger partial charge in [-0.05, 0) is 38.1 Å². The molecule has 0 radical (unpaired) electrons. The molecule has 0 atom stereocenters. The van der Waals surface area contributed by atoms with Crippen molar-refractivity contribution in [1.82, 2.24) is 10.2 Å². The molecule has 0 aliphatic rings. The maximum Gasteiger partial charge on any atom is 0.246 e. The third-order valence-corrected chi connectivity index (χ3v) is 6.61. The Morgan fingerprint density at radius 3 is 2.16 bits per heavy atom. The van der Waals surface area contributed by atoms with E-state index in [-0.39, 0.29) is 10.3 Å². The molecule has 0 aliphatic carbocycles. The van der Waals surface area contributed by atoms with Gasteiger partial charge >= 0.3 is 0 Å². The van der Waals surface area contributed by atoms with Gasteiger partial charge in [0, 0.05) is 16.5 Å². The molecule has 136 valence electrons. The van der Waals surface area contributed by atoms with Crippen LogP contribution >= 0.6 is 11.6 Å². The number of halogens is 1. The minimum absolute atomic E-state index is 0.0389. The van der Waals surface area contributed by atoms with E-state index in [4.69, 9.17) is 11.6 Å². The monoisotopic (exact) mass is 383 g/mol. The van der Waals surface area contributed by atoms with E-state index in [1.807, 2.05) is 20.8 Å². The molecule has 6 nitrogen and oxygen atoms in total. The number of nitrogens with zero attached hydrogens (tertiary/aromatic N) is 1. The van der Waals surface area contributed by atoms with Crippen LogP contribution in [0.4, 0.5) is 5.82 Å². The number of H-pyrrole nitrogens is 1. The lowest BCUT2D eigenvalue weighted by Gasteiger charge is -2.23. The maximum absolute atomic E-state index is 12.8. The highest BCUT2D eigenvalue weighted by Crippen LogP contribution is 2.28. The van der Waals surface area contributed by atoms with Crippen molar-refractivity contribution in [2.24, 2.45) is 0 Å². The van der Waals surface area contributed by atoms with Gasteiger partial charge in [-0.1, -0.05) is 32.4 Å². The van der Waals surface area contributed by atoms with Crippen LogP contribution in [-0.4, -0.2) is 29.3 Å². The number of amides is 1. The number of aromatic nitrogens is 2. The average Bonchev–Trinajstić information content (AvgIpc) is 2.96. The van der Waals surface area contributed by atoms with Gasteiger partial charge in [-0.15, -0.1) is 0 Å². The van der Waals surface area contributed by atoms with E-state index in [9.17, 15) is 13.2 Å². The fourth-order valence-electron chi connectivity index (χ4n) is 2.07. The second-order valence-corrected chi connectivity index (χ2v) is 10.3. The van der Waals surface area contributed by atoms with Gasteiger partial charge in [0.15, 0.2) is 9.84 Å². The lowest BCUT2D eigenvalue weighted by Crippen LogP contribution is -2.44. The Hall–Kier alpha value is -1.86. The van der Waals surface area contributed by atoms with Crippen LogP contribution in [-0.2, 0) is 20.0 Å². The highest BCUT2D eigenvalue weighted by Gasteiger charge is 2.43. The number of benzene rings is 1. The Bertz CT molecular complexity index is 879.